The molecule has 1 aliphatic heterocycles. The number of unbranched alkanes of at least 4 members (excludes halogenated alkanes) is 1. The van der Waals surface area contributed by atoms with Crippen molar-refractivity contribution in [3.05, 3.63) is 35.4 Å². The highest BCUT2D eigenvalue weighted by atomic mass is 16.2. The Kier molecular flexibility index (Phi) is 5.55. The molecule has 0 bridgehead atoms. The van der Waals surface area contributed by atoms with Gasteiger partial charge in [0.25, 0.3) is 0 Å². The van der Waals surface area contributed by atoms with Crippen molar-refractivity contribution in [3.63, 3.8) is 0 Å². The summed E-state index contributed by atoms with van der Waals surface area (Å²) in [6, 6.07) is 8.84. The van der Waals surface area contributed by atoms with E-state index in [2.05, 4.69) is 41.4 Å². The van der Waals surface area contributed by atoms with Gasteiger partial charge in [0, 0.05) is 27.6 Å². The van der Waals surface area contributed by atoms with Crippen molar-refractivity contribution in [1.29, 1.82) is 0 Å². The number of amides is 2. The summed E-state index contributed by atoms with van der Waals surface area (Å²) in [6.07, 6.45) is 5.84. The van der Waals surface area contributed by atoms with Crippen molar-refractivity contribution < 1.29 is 6.22 Å². The summed E-state index contributed by atoms with van der Waals surface area (Å²) >= 11 is 0. The number of nitrogens with one attached hydrogen (secondary N) is 1. The predicted octanol–water partition coefficient (Wildman–Crippen LogP) is 3.44. The largest absolute Gasteiger partial charge is 0.331 e. The second-order valence-corrected chi connectivity index (χ2v) is 6.78. The molecule has 0 aromatic heterocycles. The first-order valence-corrected chi connectivity index (χ1v) is 9.13. The number of rotatable bonds is 4. The number of piperazine rings is 1. The number of carbonyl (C=O) groups is 1. The van der Waals surface area contributed by atoms with Gasteiger partial charge in [-0.3, -0.25) is 4.90 Å². The van der Waals surface area contributed by atoms with Crippen LogP contribution < -0.4 is 5.32 Å². The van der Waals surface area contributed by atoms with E-state index in [1.807, 2.05) is 4.90 Å². The molecule has 4 heteroatoms. The molecular weight excluding hydrogens is 286 g/mol. The number of fused-ring (bicyclic) bond motifs is 1. The summed E-state index contributed by atoms with van der Waals surface area (Å²) in [5.74, 6) is 0. The van der Waals surface area contributed by atoms with Crippen LogP contribution in [0.4, 0.5) is 4.79 Å². The van der Waals surface area contributed by atoms with Gasteiger partial charge in [0.05, 0.1) is 6.04 Å². The van der Waals surface area contributed by atoms with Crippen LogP contribution in [0, 0.1) is 0 Å². The molecule has 1 unspecified atom stereocenters. The van der Waals surface area contributed by atoms with Gasteiger partial charge >= 0.3 is 6.03 Å². The number of urea groups is 1. The molecule has 0 radical (unpaired) electrons. The highest BCUT2D eigenvalue weighted by molar-refractivity contribution is 5.75. The minimum absolute atomic E-state index is 0. The lowest BCUT2D eigenvalue weighted by atomic mass is 9.88. The Bertz CT molecular complexity index is 529. The zero-order chi connectivity index (χ0) is 16.1. The van der Waals surface area contributed by atoms with Gasteiger partial charge in [-0.15, -0.1) is 0 Å². The number of aryl methyl sites for hydroxylation is 1. The van der Waals surface area contributed by atoms with Crippen molar-refractivity contribution in [2.75, 3.05) is 32.7 Å². The van der Waals surface area contributed by atoms with Crippen LogP contribution in [0.25, 0.3) is 0 Å². The molecule has 128 valence electrons. The third kappa shape index (κ3) is 4.05. The summed E-state index contributed by atoms with van der Waals surface area (Å²) < 4.78 is 0. The molecule has 1 heterocycles. The van der Waals surface area contributed by atoms with Gasteiger partial charge in [-0.25, -0.2) is 4.79 Å². The maximum absolute atomic E-state index is 12.6. The van der Waals surface area contributed by atoms with Gasteiger partial charge in [0.2, 0.25) is 0 Å². The third-order valence-corrected chi connectivity index (χ3v) is 5.15. The van der Waals surface area contributed by atoms with E-state index >= 15 is 0 Å². The van der Waals surface area contributed by atoms with E-state index in [1.54, 1.807) is 0 Å². The van der Waals surface area contributed by atoms with Crippen molar-refractivity contribution in [3.8, 4) is 0 Å². The molecule has 4 nitrogen and oxygen atoms in total. The quantitative estimate of drug-likeness (QED) is 0.923. The van der Waals surface area contributed by atoms with E-state index in [1.165, 1.54) is 30.5 Å². The van der Waals surface area contributed by atoms with Gasteiger partial charge in [-0.05, 0) is 43.4 Å². The Morgan fingerprint density at radius 1 is 1.26 bits per heavy atom. The van der Waals surface area contributed by atoms with Gasteiger partial charge in [-0.2, -0.15) is 0 Å². The molecule has 0 spiro atoms. The van der Waals surface area contributed by atoms with Crippen LogP contribution in [0.3, 0.4) is 0 Å². The number of hydrogen-bond acceptors (Lipinski definition) is 2. The Hall–Kier alpha value is -1.55. The highest BCUT2D eigenvalue weighted by Crippen LogP contribution is 2.29. The summed E-state index contributed by atoms with van der Waals surface area (Å²) in [5.41, 5.74) is 2.71. The summed E-state index contributed by atoms with van der Waals surface area (Å²) in [6.45, 7) is 7.12. The standard InChI is InChI=1S/C19H29N3O.H2/c1-2-3-11-21-12-14-22(15-13-21)19(23)20-18-10-6-8-16-7-4-5-9-17(16)18;/h4-5,7,9,18H,2-3,6,8,10-15H2,1H3,(H,20,23);1H. The molecule has 1 atom stereocenters. The number of nitrogens with zero attached hydrogens (tertiary/aromatic N) is 2. The maximum Gasteiger partial charge on any atom is 0.317 e. The first-order chi connectivity index (χ1) is 11.3. The van der Waals surface area contributed by atoms with Crippen LogP contribution >= 0.6 is 0 Å². The van der Waals surface area contributed by atoms with E-state index < -0.39 is 0 Å². The molecule has 1 N–H and O–H groups in total. The average Bonchev–Trinajstić information content (AvgIpc) is 2.60. The second-order valence-electron chi connectivity index (χ2n) is 6.78. The van der Waals surface area contributed by atoms with Crippen molar-refractivity contribution in [2.45, 2.75) is 45.1 Å². The Balaban J connectivity index is 0.00000208. The number of hydrogen-bond donors (Lipinski definition) is 1. The van der Waals surface area contributed by atoms with Gasteiger partial charge in [0.15, 0.2) is 0 Å². The van der Waals surface area contributed by atoms with Gasteiger partial charge in [-0.1, -0.05) is 37.6 Å². The minimum atomic E-state index is 0. The lowest BCUT2D eigenvalue weighted by Gasteiger charge is -2.36. The fourth-order valence-corrected chi connectivity index (χ4v) is 3.70. The lowest BCUT2D eigenvalue weighted by molar-refractivity contribution is 0.135. The third-order valence-electron chi connectivity index (χ3n) is 5.15. The van der Waals surface area contributed by atoms with E-state index in [-0.39, 0.29) is 13.5 Å². The van der Waals surface area contributed by atoms with Crippen LogP contribution in [0.2, 0.25) is 0 Å². The normalized spacial score (nSPS) is 21.8. The molecule has 1 aliphatic carbocycles. The molecule has 1 saturated heterocycles. The van der Waals surface area contributed by atoms with Crippen LogP contribution in [0.5, 0.6) is 0 Å². The van der Waals surface area contributed by atoms with E-state index in [0.717, 1.165) is 45.4 Å². The molecule has 1 aromatic rings. The average molecular weight is 317 g/mol. The first-order valence-electron chi connectivity index (χ1n) is 9.13. The van der Waals surface area contributed by atoms with Crippen molar-refractivity contribution in [2.24, 2.45) is 0 Å². The molecule has 3 rings (SSSR count). The lowest BCUT2D eigenvalue weighted by Crippen LogP contribution is -2.52. The smallest absolute Gasteiger partial charge is 0.317 e. The fourth-order valence-electron chi connectivity index (χ4n) is 3.70. The monoisotopic (exact) mass is 317 g/mol. The van der Waals surface area contributed by atoms with Crippen LogP contribution in [-0.2, 0) is 6.42 Å². The van der Waals surface area contributed by atoms with Gasteiger partial charge < -0.3 is 10.2 Å². The molecular formula is C19H31N3O. The molecule has 2 amide bonds. The number of carbonyl (C=O) groups excluding carboxylic acids is 1. The Labute approximate surface area is 141 Å². The highest BCUT2D eigenvalue weighted by Gasteiger charge is 2.25. The van der Waals surface area contributed by atoms with E-state index in [9.17, 15) is 4.79 Å². The minimum Gasteiger partial charge on any atom is -0.331 e. The Morgan fingerprint density at radius 2 is 2.04 bits per heavy atom. The molecule has 2 aliphatic rings. The van der Waals surface area contributed by atoms with Crippen LogP contribution in [0.15, 0.2) is 24.3 Å². The van der Waals surface area contributed by atoms with Gasteiger partial charge in [0.1, 0.15) is 0 Å². The van der Waals surface area contributed by atoms with Crippen molar-refractivity contribution >= 4 is 6.03 Å². The number of benzene rings is 1. The van der Waals surface area contributed by atoms with Crippen LogP contribution in [-0.4, -0.2) is 48.6 Å². The predicted molar refractivity (Wildman–Crippen MR) is 95.7 cm³/mol. The van der Waals surface area contributed by atoms with Crippen molar-refractivity contribution in [1.82, 2.24) is 15.1 Å². The fraction of sp³-hybridized carbons (Fsp3) is 0.632. The Morgan fingerprint density at radius 3 is 2.83 bits per heavy atom. The summed E-state index contributed by atoms with van der Waals surface area (Å²) in [5, 5.41) is 3.27. The van der Waals surface area contributed by atoms with E-state index in [4.69, 9.17) is 0 Å². The summed E-state index contributed by atoms with van der Waals surface area (Å²) in [7, 11) is 0. The summed E-state index contributed by atoms with van der Waals surface area (Å²) in [4.78, 5) is 17.1. The maximum atomic E-state index is 12.6. The van der Waals surface area contributed by atoms with E-state index in [0.29, 0.717) is 0 Å². The molecule has 0 saturated carbocycles. The second kappa shape index (κ2) is 7.82. The topological polar surface area (TPSA) is 35.6 Å². The van der Waals surface area contributed by atoms with Crippen LogP contribution in [0.1, 0.15) is 51.2 Å². The zero-order valence-electron chi connectivity index (χ0n) is 14.3. The molecule has 1 aromatic carbocycles. The SMILES string of the molecule is CCCCN1CCN(C(=O)NC2CCCc3ccccc32)CC1.[HH]. The first kappa shape index (κ1) is 16.3. The zero-order valence-corrected chi connectivity index (χ0v) is 14.3. The molecule has 1 fully saturated rings. The molecule has 23 heavy (non-hydrogen) atoms.